The molecule has 0 saturated heterocycles. The fourth-order valence-corrected chi connectivity index (χ4v) is 2.70. The molecule has 1 unspecified atom stereocenters. The molecule has 0 saturated carbocycles. The van der Waals surface area contributed by atoms with Crippen LogP contribution in [0.1, 0.15) is 12.0 Å². The largest absolute Gasteiger partial charge is 0.505 e. The summed E-state index contributed by atoms with van der Waals surface area (Å²) in [5.41, 5.74) is 2.66. The summed E-state index contributed by atoms with van der Waals surface area (Å²) in [6.07, 6.45) is 1.45. The third-order valence-electron chi connectivity index (χ3n) is 4.11. The molecule has 0 spiro atoms. The zero-order valence-electron chi connectivity index (χ0n) is 13.7. The SMILES string of the molecule is CN(c1cccc(Cn2nc3ccccc3n2)c1O)C(C=O)CC=O. The number of phenolic OH excluding ortho intramolecular Hbond substituents is 1. The van der Waals surface area contributed by atoms with E-state index in [1.54, 1.807) is 30.1 Å². The molecular weight excluding hydrogens is 320 g/mol. The molecule has 2 aromatic carbocycles. The molecule has 1 atom stereocenters. The highest BCUT2D eigenvalue weighted by Crippen LogP contribution is 2.31. The third kappa shape index (κ3) is 3.35. The summed E-state index contributed by atoms with van der Waals surface area (Å²) in [5, 5.41) is 19.4. The first-order valence-corrected chi connectivity index (χ1v) is 7.86. The molecule has 1 N–H and O–H groups in total. The zero-order valence-corrected chi connectivity index (χ0v) is 13.7. The minimum atomic E-state index is -0.621. The summed E-state index contributed by atoms with van der Waals surface area (Å²) >= 11 is 0. The van der Waals surface area contributed by atoms with Crippen LogP contribution in [0.2, 0.25) is 0 Å². The first-order valence-electron chi connectivity index (χ1n) is 7.86. The molecule has 0 radical (unpaired) electrons. The topological polar surface area (TPSA) is 88.3 Å². The van der Waals surface area contributed by atoms with Crippen LogP contribution in [0.3, 0.4) is 0 Å². The summed E-state index contributed by atoms with van der Waals surface area (Å²) in [6, 6.07) is 12.2. The van der Waals surface area contributed by atoms with Gasteiger partial charge in [-0.05, 0) is 18.2 Å². The van der Waals surface area contributed by atoms with E-state index in [4.69, 9.17) is 0 Å². The molecule has 0 bridgehead atoms. The Morgan fingerprint density at radius 1 is 1.12 bits per heavy atom. The Bertz CT molecular complexity index is 873. The highest BCUT2D eigenvalue weighted by Gasteiger charge is 2.19. The van der Waals surface area contributed by atoms with E-state index < -0.39 is 6.04 Å². The van der Waals surface area contributed by atoms with Gasteiger partial charge in [-0.1, -0.05) is 24.3 Å². The van der Waals surface area contributed by atoms with Gasteiger partial charge in [0.1, 0.15) is 29.4 Å². The van der Waals surface area contributed by atoms with Crippen LogP contribution < -0.4 is 4.90 Å². The number of aromatic hydroxyl groups is 1. The van der Waals surface area contributed by atoms with Crippen molar-refractivity contribution in [2.45, 2.75) is 19.0 Å². The maximum Gasteiger partial charge on any atom is 0.144 e. The van der Waals surface area contributed by atoms with Gasteiger partial charge in [0.05, 0.1) is 18.3 Å². The quantitative estimate of drug-likeness (QED) is 0.661. The fourth-order valence-electron chi connectivity index (χ4n) is 2.70. The number of phenols is 1. The molecule has 25 heavy (non-hydrogen) atoms. The third-order valence-corrected chi connectivity index (χ3v) is 4.11. The number of anilines is 1. The van der Waals surface area contributed by atoms with Gasteiger partial charge in [0, 0.05) is 19.0 Å². The van der Waals surface area contributed by atoms with E-state index in [9.17, 15) is 14.7 Å². The standard InChI is InChI=1S/C18H18N4O3/c1-21(14(12-24)9-10-23)17-8-4-5-13(18(17)25)11-22-19-15-6-2-3-7-16(15)20-22/h2-8,10,12,14,25H,9,11H2,1H3. The van der Waals surface area contributed by atoms with Gasteiger partial charge in [-0.15, -0.1) is 0 Å². The average Bonchev–Trinajstić information content (AvgIpc) is 3.03. The second kappa shape index (κ2) is 7.12. The molecule has 0 aliphatic heterocycles. The van der Waals surface area contributed by atoms with Gasteiger partial charge in [0.25, 0.3) is 0 Å². The van der Waals surface area contributed by atoms with Crippen LogP contribution >= 0.6 is 0 Å². The van der Waals surface area contributed by atoms with Crippen LogP contribution in [-0.4, -0.2) is 45.8 Å². The highest BCUT2D eigenvalue weighted by molar-refractivity contribution is 5.74. The predicted octanol–water partition coefficient (Wildman–Crippen LogP) is 1.78. The van der Waals surface area contributed by atoms with Crippen molar-refractivity contribution in [1.82, 2.24) is 15.0 Å². The van der Waals surface area contributed by atoms with Crippen LogP contribution in [-0.2, 0) is 16.1 Å². The van der Waals surface area contributed by atoms with Gasteiger partial charge in [-0.2, -0.15) is 15.0 Å². The summed E-state index contributed by atoms with van der Waals surface area (Å²) in [5.74, 6) is 0.0455. The molecular formula is C18H18N4O3. The van der Waals surface area contributed by atoms with E-state index in [1.165, 1.54) is 4.80 Å². The molecule has 3 rings (SSSR count). The van der Waals surface area contributed by atoms with Crippen LogP contribution in [0.15, 0.2) is 42.5 Å². The lowest BCUT2D eigenvalue weighted by molar-refractivity contribution is -0.113. The van der Waals surface area contributed by atoms with Gasteiger partial charge in [-0.3, -0.25) is 0 Å². The molecule has 128 valence electrons. The Kier molecular flexibility index (Phi) is 4.74. The number of hydrogen-bond acceptors (Lipinski definition) is 6. The maximum atomic E-state index is 11.2. The van der Waals surface area contributed by atoms with Crippen molar-refractivity contribution in [1.29, 1.82) is 0 Å². The van der Waals surface area contributed by atoms with Crippen molar-refractivity contribution >= 4 is 29.3 Å². The van der Waals surface area contributed by atoms with E-state index in [0.29, 0.717) is 30.4 Å². The van der Waals surface area contributed by atoms with Crippen LogP contribution in [0.25, 0.3) is 11.0 Å². The van der Waals surface area contributed by atoms with Gasteiger partial charge >= 0.3 is 0 Å². The van der Waals surface area contributed by atoms with Gasteiger partial charge in [0.2, 0.25) is 0 Å². The number of nitrogens with zero attached hydrogens (tertiary/aromatic N) is 4. The second-order valence-electron chi connectivity index (χ2n) is 5.72. The number of carbonyl (C=O) groups is 2. The number of rotatable bonds is 7. The Morgan fingerprint density at radius 3 is 2.40 bits per heavy atom. The first-order chi connectivity index (χ1) is 12.1. The number of aldehydes is 2. The Balaban J connectivity index is 1.90. The van der Waals surface area contributed by atoms with Gasteiger partial charge in [0.15, 0.2) is 0 Å². The van der Waals surface area contributed by atoms with Crippen LogP contribution in [0.5, 0.6) is 5.75 Å². The van der Waals surface area contributed by atoms with Crippen LogP contribution in [0, 0.1) is 0 Å². The van der Waals surface area contributed by atoms with E-state index in [-0.39, 0.29) is 12.2 Å². The Hall–Kier alpha value is -3.22. The number of carbonyl (C=O) groups excluding carboxylic acids is 2. The molecule has 0 fully saturated rings. The van der Waals surface area contributed by atoms with E-state index in [2.05, 4.69) is 10.2 Å². The van der Waals surface area contributed by atoms with Crippen molar-refractivity contribution in [2.75, 3.05) is 11.9 Å². The molecule has 1 heterocycles. The lowest BCUT2D eigenvalue weighted by Gasteiger charge is -2.26. The van der Waals surface area contributed by atoms with Gasteiger partial charge in [-0.25, -0.2) is 0 Å². The normalized spacial score (nSPS) is 12.0. The van der Waals surface area contributed by atoms with Crippen molar-refractivity contribution in [3.05, 3.63) is 48.0 Å². The predicted molar refractivity (Wildman–Crippen MR) is 93.7 cm³/mol. The monoisotopic (exact) mass is 338 g/mol. The molecule has 7 nitrogen and oxygen atoms in total. The second-order valence-corrected chi connectivity index (χ2v) is 5.72. The number of likely N-dealkylation sites (N-methyl/N-ethyl adjacent to an activating group) is 1. The number of para-hydroxylation sites is 1. The smallest absolute Gasteiger partial charge is 0.144 e. The number of hydrogen-bond donors (Lipinski definition) is 1. The lowest BCUT2D eigenvalue weighted by atomic mass is 10.1. The minimum absolute atomic E-state index is 0.0455. The molecule has 0 aliphatic carbocycles. The lowest BCUT2D eigenvalue weighted by Crippen LogP contribution is -2.33. The Labute approximate surface area is 144 Å². The minimum Gasteiger partial charge on any atom is -0.505 e. The first kappa shape index (κ1) is 16.6. The summed E-state index contributed by atoms with van der Waals surface area (Å²) < 4.78 is 0. The van der Waals surface area contributed by atoms with Crippen molar-refractivity contribution < 1.29 is 14.7 Å². The Morgan fingerprint density at radius 2 is 1.80 bits per heavy atom. The molecule has 0 amide bonds. The van der Waals surface area contributed by atoms with Crippen molar-refractivity contribution in [3.63, 3.8) is 0 Å². The molecule has 3 aromatic rings. The molecule has 7 heteroatoms. The number of benzene rings is 2. The molecule has 1 aromatic heterocycles. The van der Waals surface area contributed by atoms with E-state index in [0.717, 1.165) is 11.0 Å². The van der Waals surface area contributed by atoms with E-state index in [1.807, 2.05) is 24.3 Å². The average molecular weight is 338 g/mol. The highest BCUT2D eigenvalue weighted by atomic mass is 16.3. The van der Waals surface area contributed by atoms with Crippen LogP contribution in [0.4, 0.5) is 5.69 Å². The van der Waals surface area contributed by atoms with E-state index >= 15 is 0 Å². The van der Waals surface area contributed by atoms with Crippen molar-refractivity contribution in [3.8, 4) is 5.75 Å². The van der Waals surface area contributed by atoms with Gasteiger partial charge < -0.3 is 19.6 Å². The zero-order chi connectivity index (χ0) is 17.8. The maximum absolute atomic E-state index is 11.2. The number of aromatic nitrogens is 3. The summed E-state index contributed by atoms with van der Waals surface area (Å²) in [6.45, 7) is 0.293. The summed E-state index contributed by atoms with van der Waals surface area (Å²) in [4.78, 5) is 25.0. The van der Waals surface area contributed by atoms with Crippen molar-refractivity contribution in [2.24, 2.45) is 0 Å². The number of fused-ring (bicyclic) bond motifs is 1. The fraction of sp³-hybridized carbons (Fsp3) is 0.222. The summed E-state index contributed by atoms with van der Waals surface area (Å²) in [7, 11) is 1.67. The molecule has 0 aliphatic rings.